The van der Waals surface area contributed by atoms with E-state index in [0.717, 1.165) is 45.3 Å². The molecule has 3 aromatic carbocycles. The van der Waals surface area contributed by atoms with Gasteiger partial charge in [0.2, 0.25) is 0 Å². The normalized spacial score (nSPS) is 11.8. The highest BCUT2D eigenvalue weighted by atomic mass is 16.5. The zero-order valence-corrected chi connectivity index (χ0v) is 21.1. The number of nitrogens with one attached hydrogen (secondary N) is 2. The summed E-state index contributed by atoms with van der Waals surface area (Å²) in [6.07, 6.45) is 3.64. The number of allylic oxidation sites excluding steroid dienone is 1. The van der Waals surface area contributed by atoms with Crippen LogP contribution in [0.5, 0.6) is 0 Å². The molecule has 184 valence electrons. The van der Waals surface area contributed by atoms with Crippen LogP contribution in [-0.2, 0) is 22.4 Å². The fourth-order valence-corrected chi connectivity index (χ4v) is 4.58. The summed E-state index contributed by atoms with van der Waals surface area (Å²) < 4.78 is 5.20. The molecule has 0 aliphatic heterocycles. The Morgan fingerprint density at radius 3 is 2.33 bits per heavy atom. The van der Waals surface area contributed by atoms with Crippen molar-refractivity contribution in [1.82, 2.24) is 10.3 Å². The monoisotopic (exact) mass is 480 g/mol. The molecule has 4 rings (SSSR count). The van der Waals surface area contributed by atoms with Gasteiger partial charge in [0.15, 0.2) is 5.78 Å². The van der Waals surface area contributed by atoms with Crippen molar-refractivity contribution < 1.29 is 14.3 Å². The molecular weight excluding hydrogens is 448 g/mol. The van der Waals surface area contributed by atoms with E-state index in [4.69, 9.17) is 4.74 Å². The Hall–Kier alpha value is -4.12. The van der Waals surface area contributed by atoms with Crippen molar-refractivity contribution in [1.29, 1.82) is 0 Å². The number of methoxy groups -OCH3 is 1. The largest absolute Gasteiger partial charge is 0.466 e. The van der Waals surface area contributed by atoms with Crippen LogP contribution in [0.4, 0.5) is 0 Å². The van der Waals surface area contributed by atoms with Crippen LogP contribution in [0, 0.1) is 13.8 Å². The number of carbonyl (C=O) groups is 2. The van der Waals surface area contributed by atoms with Gasteiger partial charge in [-0.1, -0.05) is 65.7 Å². The van der Waals surface area contributed by atoms with Gasteiger partial charge in [-0.05, 0) is 56.0 Å². The third kappa shape index (κ3) is 6.11. The van der Waals surface area contributed by atoms with Gasteiger partial charge in [-0.3, -0.25) is 4.79 Å². The van der Waals surface area contributed by atoms with E-state index in [2.05, 4.69) is 22.4 Å². The molecule has 0 saturated heterocycles. The molecule has 5 heteroatoms. The molecule has 5 nitrogen and oxygen atoms in total. The lowest BCUT2D eigenvalue weighted by atomic mass is 9.98. The zero-order chi connectivity index (χ0) is 25.5. The van der Waals surface area contributed by atoms with E-state index in [9.17, 15) is 9.59 Å². The second kappa shape index (κ2) is 11.5. The predicted molar refractivity (Wildman–Crippen MR) is 144 cm³/mol. The minimum atomic E-state index is -0.394. The average molecular weight is 481 g/mol. The number of esters is 1. The van der Waals surface area contributed by atoms with Crippen LogP contribution < -0.4 is 5.32 Å². The SMILES string of the molecule is COC(=O)/C(Cc1c[nH]c2ccccc12)=C(/CCc1ccccc1)NCC(=O)c1cc(C)cc(C)c1. The molecule has 1 heterocycles. The maximum absolute atomic E-state index is 13.1. The van der Waals surface area contributed by atoms with Crippen molar-refractivity contribution in [2.75, 3.05) is 13.7 Å². The standard InChI is InChI=1S/C31H32N2O3/c1-21-15-22(2)17-24(16-21)30(34)20-33-29(14-13-23-9-5-4-6-10-23)27(31(35)36-3)18-25-19-32-28-12-8-7-11-26(25)28/h4-12,15-17,19,32-33H,13-14,18,20H2,1-3H3/b29-27-. The molecule has 0 atom stereocenters. The van der Waals surface area contributed by atoms with Crippen LogP contribution in [0.15, 0.2) is 90.3 Å². The summed E-state index contributed by atoms with van der Waals surface area (Å²) in [7, 11) is 1.40. The molecule has 0 unspecified atom stereocenters. The summed E-state index contributed by atoms with van der Waals surface area (Å²) in [6.45, 7) is 4.07. The van der Waals surface area contributed by atoms with Crippen molar-refractivity contribution >= 4 is 22.7 Å². The Labute approximate surface area is 212 Å². The van der Waals surface area contributed by atoms with Crippen LogP contribution in [0.25, 0.3) is 10.9 Å². The van der Waals surface area contributed by atoms with E-state index < -0.39 is 5.97 Å². The first-order chi connectivity index (χ1) is 17.4. The Bertz CT molecular complexity index is 1380. The lowest BCUT2D eigenvalue weighted by Crippen LogP contribution is -2.27. The van der Waals surface area contributed by atoms with Crippen LogP contribution in [0.2, 0.25) is 0 Å². The Kier molecular flexibility index (Phi) is 8.01. The van der Waals surface area contributed by atoms with Gasteiger partial charge >= 0.3 is 5.97 Å². The van der Waals surface area contributed by atoms with Crippen LogP contribution >= 0.6 is 0 Å². The summed E-state index contributed by atoms with van der Waals surface area (Å²) >= 11 is 0. The predicted octanol–water partition coefficient (Wildman–Crippen LogP) is 5.86. The highest BCUT2D eigenvalue weighted by Gasteiger charge is 2.20. The number of rotatable bonds is 10. The van der Waals surface area contributed by atoms with Crippen molar-refractivity contribution in [2.24, 2.45) is 0 Å². The van der Waals surface area contributed by atoms with Crippen LogP contribution in [0.1, 0.15) is 39.0 Å². The van der Waals surface area contributed by atoms with Crippen molar-refractivity contribution in [3.63, 3.8) is 0 Å². The molecule has 0 spiro atoms. The molecule has 2 N–H and O–H groups in total. The number of H-pyrrole nitrogens is 1. The molecule has 0 amide bonds. The molecule has 0 saturated carbocycles. The Balaban J connectivity index is 1.66. The van der Waals surface area contributed by atoms with Gasteiger partial charge in [-0.2, -0.15) is 0 Å². The quantitative estimate of drug-likeness (QED) is 0.169. The number of ketones is 1. The number of carbonyl (C=O) groups excluding carboxylic acids is 2. The van der Waals surface area contributed by atoms with Gasteiger partial charge < -0.3 is 15.0 Å². The minimum absolute atomic E-state index is 0.0182. The number of hydrogen-bond donors (Lipinski definition) is 2. The first kappa shape index (κ1) is 25.0. The number of ether oxygens (including phenoxy) is 1. The highest BCUT2D eigenvalue weighted by Crippen LogP contribution is 2.24. The number of aromatic nitrogens is 1. The Morgan fingerprint density at radius 2 is 1.61 bits per heavy atom. The molecule has 1 aromatic heterocycles. The van der Waals surface area contributed by atoms with Gasteiger partial charge in [0, 0.05) is 34.8 Å². The average Bonchev–Trinajstić information content (AvgIpc) is 3.30. The van der Waals surface area contributed by atoms with Crippen LogP contribution in [0.3, 0.4) is 0 Å². The summed E-state index contributed by atoms with van der Waals surface area (Å²) in [5, 5.41) is 4.38. The molecule has 0 aliphatic rings. The lowest BCUT2D eigenvalue weighted by Gasteiger charge is -2.17. The van der Waals surface area contributed by atoms with Gasteiger partial charge in [-0.25, -0.2) is 4.79 Å². The van der Waals surface area contributed by atoms with Crippen molar-refractivity contribution in [3.05, 3.63) is 118 Å². The zero-order valence-electron chi connectivity index (χ0n) is 21.1. The van der Waals surface area contributed by atoms with Gasteiger partial charge in [0.25, 0.3) is 0 Å². The van der Waals surface area contributed by atoms with E-state index in [0.29, 0.717) is 24.0 Å². The summed E-state index contributed by atoms with van der Waals surface area (Å²) in [5.41, 5.74) is 7.21. The Morgan fingerprint density at radius 1 is 0.917 bits per heavy atom. The molecule has 36 heavy (non-hydrogen) atoms. The molecule has 0 aliphatic carbocycles. The maximum atomic E-state index is 13.1. The molecular formula is C31H32N2O3. The summed E-state index contributed by atoms with van der Waals surface area (Å²) in [4.78, 5) is 29.4. The molecule has 4 aromatic rings. The molecule has 0 fully saturated rings. The first-order valence-electron chi connectivity index (χ1n) is 12.2. The number of fused-ring (bicyclic) bond motifs is 1. The van der Waals surface area contributed by atoms with Gasteiger partial charge in [-0.15, -0.1) is 0 Å². The number of aryl methyl sites for hydroxylation is 3. The number of para-hydroxylation sites is 1. The third-order valence-electron chi connectivity index (χ3n) is 6.35. The smallest absolute Gasteiger partial charge is 0.335 e. The van der Waals surface area contributed by atoms with E-state index in [1.165, 1.54) is 7.11 Å². The third-order valence-corrected chi connectivity index (χ3v) is 6.35. The van der Waals surface area contributed by atoms with E-state index in [1.807, 2.05) is 80.7 Å². The number of benzene rings is 3. The van der Waals surface area contributed by atoms with Gasteiger partial charge in [0.05, 0.1) is 19.2 Å². The first-order valence-corrected chi connectivity index (χ1v) is 12.2. The van der Waals surface area contributed by atoms with Crippen molar-refractivity contribution in [3.8, 4) is 0 Å². The summed E-state index contributed by atoms with van der Waals surface area (Å²) in [6, 6.07) is 24.0. The van der Waals surface area contributed by atoms with E-state index >= 15 is 0 Å². The minimum Gasteiger partial charge on any atom is -0.466 e. The molecule has 0 bridgehead atoms. The number of hydrogen-bond acceptors (Lipinski definition) is 4. The highest BCUT2D eigenvalue weighted by molar-refractivity contribution is 5.98. The van der Waals surface area contributed by atoms with Gasteiger partial charge in [0.1, 0.15) is 0 Å². The van der Waals surface area contributed by atoms with E-state index in [-0.39, 0.29) is 12.3 Å². The number of Topliss-reactive ketones (excluding diaryl/α,β-unsaturated/α-hetero) is 1. The second-order valence-corrected chi connectivity index (χ2v) is 9.12. The lowest BCUT2D eigenvalue weighted by molar-refractivity contribution is -0.136. The van der Waals surface area contributed by atoms with Crippen LogP contribution in [-0.4, -0.2) is 30.4 Å². The summed E-state index contributed by atoms with van der Waals surface area (Å²) in [5.74, 6) is -0.412. The second-order valence-electron chi connectivity index (χ2n) is 9.12. The number of aromatic amines is 1. The molecule has 0 radical (unpaired) electrons. The topological polar surface area (TPSA) is 71.2 Å². The maximum Gasteiger partial charge on any atom is 0.335 e. The fraction of sp³-hybridized carbons (Fsp3) is 0.226. The fourth-order valence-electron chi connectivity index (χ4n) is 4.58. The van der Waals surface area contributed by atoms with Crippen molar-refractivity contribution in [2.45, 2.75) is 33.1 Å². The van der Waals surface area contributed by atoms with E-state index in [1.54, 1.807) is 0 Å².